The van der Waals surface area contributed by atoms with E-state index in [9.17, 15) is 14.4 Å². The minimum Gasteiger partial charge on any atom is -0.481 e. The van der Waals surface area contributed by atoms with Crippen molar-refractivity contribution in [1.29, 1.82) is 0 Å². The van der Waals surface area contributed by atoms with Crippen LogP contribution in [0.3, 0.4) is 0 Å². The third-order valence-corrected chi connectivity index (χ3v) is 3.48. The molecule has 0 radical (unpaired) electrons. The van der Waals surface area contributed by atoms with Crippen molar-refractivity contribution in [2.75, 3.05) is 6.61 Å². The summed E-state index contributed by atoms with van der Waals surface area (Å²) in [6, 6.07) is 0. The maximum atomic E-state index is 10.9. The predicted octanol–water partition coefficient (Wildman–Crippen LogP) is -0.500. The van der Waals surface area contributed by atoms with Crippen LogP contribution >= 0.6 is 0 Å². The molecule has 0 aliphatic heterocycles. The Morgan fingerprint density at radius 2 is 1.64 bits per heavy atom. The Morgan fingerprint density at radius 3 is 2.14 bits per heavy atom. The van der Waals surface area contributed by atoms with Gasteiger partial charge in [0.15, 0.2) is 6.29 Å². The molecule has 0 unspecified atom stereocenters. The Labute approximate surface area is 164 Å². The number of aldehydes is 1. The van der Waals surface area contributed by atoms with Crippen molar-refractivity contribution in [3.63, 3.8) is 0 Å². The summed E-state index contributed by atoms with van der Waals surface area (Å²) in [5.41, 5.74) is 0. The Hall–Kier alpha value is -1.85. The smallest absolute Gasteiger partial charge is 0.311 e. The van der Waals surface area contributed by atoms with Crippen LogP contribution in [0.25, 0.3) is 0 Å². The molecule has 0 aliphatic carbocycles. The summed E-state index contributed by atoms with van der Waals surface area (Å²) in [6.07, 6.45) is 1.67. The van der Waals surface area contributed by atoms with Crippen molar-refractivity contribution in [1.82, 2.24) is 0 Å². The number of hydrogen-bond donors (Lipinski definition) is 6. The lowest BCUT2D eigenvalue weighted by atomic mass is 10.0. The van der Waals surface area contributed by atoms with Crippen molar-refractivity contribution in [2.45, 2.75) is 76.3 Å². The fourth-order valence-electron chi connectivity index (χ4n) is 1.77. The molecule has 10 heteroatoms. The Bertz CT molecular complexity index is 452. The number of allylic oxidation sites excluding steroid dienone is 1. The molecule has 0 aromatic heterocycles. The first-order valence-electron chi connectivity index (χ1n) is 9.05. The van der Waals surface area contributed by atoms with E-state index in [0.717, 1.165) is 12.8 Å². The molecule has 10 nitrogen and oxygen atoms in total. The van der Waals surface area contributed by atoms with E-state index in [4.69, 9.17) is 35.4 Å². The number of ether oxygens (including phenoxy) is 1. The van der Waals surface area contributed by atoms with Crippen LogP contribution in [0, 0.1) is 0 Å². The Kier molecular flexibility index (Phi) is 18.7. The van der Waals surface area contributed by atoms with E-state index in [-0.39, 0.29) is 19.1 Å². The number of esters is 1. The number of aliphatic hydroxyl groups excluding tert-OH is 5. The number of unbranched alkanes of at least 4 members (excludes halogenated alkanes) is 4. The van der Waals surface area contributed by atoms with Gasteiger partial charge in [-0.05, 0) is 18.9 Å². The molecular weight excluding hydrogens is 376 g/mol. The summed E-state index contributed by atoms with van der Waals surface area (Å²) >= 11 is 0. The van der Waals surface area contributed by atoms with Crippen LogP contribution in [0.1, 0.15) is 51.9 Å². The van der Waals surface area contributed by atoms with Gasteiger partial charge in [0.1, 0.15) is 24.4 Å². The topological polar surface area (TPSA) is 182 Å². The standard InChI is InChI=1S/C12H20O4.C6H12O6/c1-2-3-4-5-6-7-10-16-12(15)9-8-11(13)14;7-1-3(9)5(11)6(12)4(10)2-8/h7,10H,2-6,8-9H2,1H3,(H,13,14);1,3-6,8-12H,2H2/t;3-,4+,5+,6+/m.0/s1. The van der Waals surface area contributed by atoms with Gasteiger partial charge in [-0.15, -0.1) is 0 Å². The maximum Gasteiger partial charge on any atom is 0.311 e. The molecule has 0 aromatic rings. The van der Waals surface area contributed by atoms with E-state index in [0.29, 0.717) is 0 Å². The molecule has 0 aromatic carbocycles. The number of carboxylic acid groups (broad SMARTS) is 1. The van der Waals surface area contributed by atoms with Gasteiger partial charge in [0, 0.05) is 0 Å². The van der Waals surface area contributed by atoms with Gasteiger partial charge in [-0.1, -0.05) is 26.2 Å². The molecule has 0 bridgehead atoms. The number of carbonyl (C=O) groups is 3. The molecule has 0 aliphatic rings. The zero-order chi connectivity index (χ0) is 21.9. The number of aliphatic carboxylic acids is 1. The fourth-order valence-corrected chi connectivity index (χ4v) is 1.77. The van der Waals surface area contributed by atoms with Crippen molar-refractivity contribution in [2.24, 2.45) is 0 Å². The highest BCUT2D eigenvalue weighted by atomic mass is 16.5. The van der Waals surface area contributed by atoms with Crippen molar-refractivity contribution >= 4 is 18.2 Å². The summed E-state index contributed by atoms with van der Waals surface area (Å²) in [6.45, 7) is 1.39. The first kappa shape index (κ1) is 28.4. The highest BCUT2D eigenvalue weighted by Crippen LogP contribution is 2.04. The third kappa shape index (κ3) is 16.3. The van der Waals surface area contributed by atoms with Gasteiger partial charge in [-0.25, -0.2) is 0 Å². The first-order valence-corrected chi connectivity index (χ1v) is 9.05. The Balaban J connectivity index is 0. The number of carboxylic acids is 1. The van der Waals surface area contributed by atoms with E-state index in [1.807, 2.05) is 0 Å². The average molecular weight is 408 g/mol. The zero-order valence-corrected chi connectivity index (χ0v) is 16.0. The van der Waals surface area contributed by atoms with Crippen LogP contribution in [0.2, 0.25) is 0 Å². The normalized spacial score (nSPS) is 15.1. The molecule has 0 rings (SSSR count). The predicted molar refractivity (Wildman–Crippen MR) is 98.0 cm³/mol. The molecule has 28 heavy (non-hydrogen) atoms. The van der Waals surface area contributed by atoms with Gasteiger partial charge in [0.2, 0.25) is 0 Å². The highest BCUT2D eigenvalue weighted by Gasteiger charge is 2.29. The van der Waals surface area contributed by atoms with Gasteiger partial charge in [0.25, 0.3) is 0 Å². The molecule has 0 saturated heterocycles. The summed E-state index contributed by atoms with van der Waals surface area (Å²) in [5.74, 6) is -1.48. The van der Waals surface area contributed by atoms with E-state index in [2.05, 4.69) is 6.92 Å². The van der Waals surface area contributed by atoms with Crippen LogP contribution < -0.4 is 0 Å². The van der Waals surface area contributed by atoms with E-state index < -0.39 is 43.0 Å². The van der Waals surface area contributed by atoms with Crippen molar-refractivity contribution in [3.05, 3.63) is 12.3 Å². The zero-order valence-electron chi connectivity index (χ0n) is 16.0. The molecule has 164 valence electrons. The second kappa shape index (κ2) is 18.5. The van der Waals surface area contributed by atoms with Crippen LogP contribution in [0.4, 0.5) is 0 Å². The summed E-state index contributed by atoms with van der Waals surface area (Å²) in [7, 11) is 0. The van der Waals surface area contributed by atoms with Gasteiger partial charge in [-0.3, -0.25) is 9.59 Å². The Morgan fingerprint density at radius 1 is 1.00 bits per heavy atom. The second-order valence-corrected chi connectivity index (χ2v) is 5.96. The largest absolute Gasteiger partial charge is 0.481 e. The van der Waals surface area contributed by atoms with Gasteiger partial charge in [0.05, 0.1) is 25.7 Å². The van der Waals surface area contributed by atoms with E-state index >= 15 is 0 Å². The van der Waals surface area contributed by atoms with Crippen molar-refractivity contribution < 1.29 is 49.8 Å². The minimum absolute atomic E-state index is 0.0258. The third-order valence-electron chi connectivity index (χ3n) is 3.48. The summed E-state index contributed by atoms with van der Waals surface area (Å²) < 4.78 is 4.72. The lowest BCUT2D eigenvalue weighted by Crippen LogP contribution is -2.46. The summed E-state index contributed by atoms with van der Waals surface area (Å²) in [4.78, 5) is 31.0. The molecule has 0 saturated carbocycles. The number of rotatable bonds is 14. The lowest BCUT2D eigenvalue weighted by molar-refractivity contribution is -0.144. The average Bonchev–Trinajstić information content (AvgIpc) is 2.69. The fraction of sp³-hybridized carbons (Fsp3) is 0.722. The second-order valence-electron chi connectivity index (χ2n) is 5.96. The number of aliphatic hydroxyl groups is 5. The highest BCUT2D eigenvalue weighted by molar-refractivity contribution is 5.76. The van der Waals surface area contributed by atoms with Crippen LogP contribution in [0.15, 0.2) is 12.3 Å². The molecule has 4 atom stereocenters. The van der Waals surface area contributed by atoms with Crippen LogP contribution in [-0.2, 0) is 19.1 Å². The molecule has 0 spiro atoms. The van der Waals surface area contributed by atoms with Crippen LogP contribution in [-0.4, -0.2) is 79.9 Å². The molecule has 6 N–H and O–H groups in total. The molecule has 0 fully saturated rings. The lowest BCUT2D eigenvalue weighted by Gasteiger charge is -2.22. The maximum absolute atomic E-state index is 10.9. The molecular formula is C18H32O10. The van der Waals surface area contributed by atoms with Gasteiger partial charge < -0.3 is 40.2 Å². The number of carbonyl (C=O) groups excluding carboxylic acids is 2. The monoisotopic (exact) mass is 408 g/mol. The van der Waals surface area contributed by atoms with Crippen molar-refractivity contribution in [3.8, 4) is 0 Å². The van der Waals surface area contributed by atoms with Crippen LogP contribution in [0.5, 0.6) is 0 Å². The number of hydrogen-bond acceptors (Lipinski definition) is 9. The molecule has 0 heterocycles. The van der Waals surface area contributed by atoms with E-state index in [1.165, 1.54) is 25.5 Å². The quantitative estimate of drug-likeness (QED) is 0.0948. The van der Waals surface area contributed by atoms with Gasteiger partial charge >= 0.3 is 11.9 Å². The minimum atomic E-state index is -1.79. The molecule has 0 amide bonds. The summed E-state index contributed by atoms with van der Waals surface area (Å²) in [5, 5.41) is 51.9. The van der Waals surface area contributed by atoms with Gasteiger partial charge in [-0.2, -0.15) is 0 Å². The first-order chi connectivity index (χ1) is 13.2. The SMILES string of the molecule is CCCCCCC=COC(=O)CCC(=O)O.O=C[C@H](O)[C@@H](O)[C@H](O)[C@H](O)CO. The van der Waals surface area contributed by atoms with E-state index in [1.54, 1.807) is 6.08 Å².